The van der Waals surface area contributed by atoms with Gasteiger partial charge < -0.3 is 9.47 Å². The number of hydrogen-bond acceptors (Lipinski definition) is 4. The first kappa shape index (κ1) is 20.4. The van der Waals surface area contributed by atoms with Crippen LogP contribution in [0.1, 0.15) is 36.0 Å². The van der Waals surface area contributed by atoms with E-state index in [1.165, 1.54) is 12.3 Å². The fraction of sp³-hybridized carbons (Fsp3) is 0.280. The summed E-state index contributed by atoms with van der Waals surface area (Å²) in [7, 11) is 0. The zero-order valence-corrected chi connectivity index (χ0v) is 16.8. The molecule has 2 aromatic carbocycles. The molecule has 0 radical (unpaired) electrons. The van der Waals surface area contributed by atoms with Crippen LogP contribution in [0, 0.1) is 5.82 Å². The number of hydrogen-bond donors (Lipinski definition) is 0. The molecule has 1 fully saturated rings. The van der Waals surface area contributed by atoms with Crippen molar-refractivity contribution in [3.63, 3.8) is 0 Å². The van der Waals surface area contributed by atoms with E-state index >= 15 is 0 Å². The minimum atomic E-state index is -0.322. The smallest absolute Gasteiger partial charge is 0.158 e. The van der Waals surface area contributed by atoms with Gasteiger partial charge in [-0.15, -0.1) is 0 Å². The van der Waals surface area contributed by atoms with Crippen LogP contribution in [0.5, 0.6) is 0 Å². The van der Waals surface area contributed by atoms with Gasteiger partial charge in [-0.1, -0.05) is 60.7 Å². The van der Waals surface area contributed by atoms with E-state index in [-0.39, 0.29) is 12.1 Å². The van der Waals surface area contributed by atoms with E-state index in [0.29, 0.717) is 24.4 Å². The van der Waals surface area contributed by atoms with Crippen LogP contribution in [0.3, 0.4) is 0 Å². The molecule has 0 spiro atoms. The Labute approximate surface area is 176 Å². The van der Waals surface area contributed by atoms with Gasteiger partial charge in [0.15, 0.2) is 12.1 Å². The highest BCUT2D eigenvalue weighted by atomic mass is 19.1. The van der Waals surface area contributed by atoms with Gasteiger partial charge in [-0.25, -0.2) is 14.4 Å². The quantitative estimate of drug-likeness (QED) is 0.490. The third-order valence-corrected chi connectivity index (χ3v) is 5.08. The first-order valence-electron chi connectivity index (χ1n) is 10.4. The van der Waals surface area contributed by atoms with Gasteiger partial charge in [-0.2, -0.15) is 0 Å². The lowest BCUT2D eigenvalue weighted by atomic mass is 10.0. The van der Waals surface area contributed by atoms with Crippen molar-refractivity contribution in [1.82, 2.24) is 4.98 Å². The van der Waals surface area contributed by atoms with Crippen molar-refractivity contribution in [3.8, 4) is 0 Å². The summed E-state index contributed by atoms with van der Waals surface area (Å²) < 4.78 is 26.1. The second kappa shape index (κ2) is 10.2. The molecule has 1 aromatic heterocycles. The maximum atomic E-state index is 14.7. The number of aliphatic imine (C=N–C) groups is 1. The Balaban J connectivity index is 1.62. The Bertz CT molecular complexity index is 929. The molecule has 5 heteroatoms. The Morgan fingerprint density at radius 1 is 1.00 bits per heavy atom. The summed E-state index contributed by atoms with van der Waals surface area (Å²) in [6.45, 7) is 1.08. The lowest BCUT2D eigenvalue weighted by Crippen LogP contribution is -2.23. The zero-order valence-electron chi connectivity index (χ0n) is 16.8. The van der Waals surface area contributed by atoms with Crippen molar-refractivity contribution < 1.29 is 13.9 Å². The summed E-state index contributed by atoms with van der Waals surface area (Å²) in [6, 6.07) is 21.1. The van der Waals surface area contributed by atoms with Crippen molar-refractivity contribution in [2.24, 2.45) is 4.99 Å². The lowest BCUT2D eigenvalue weighted by Gasteiger charge is -2.22. The molecule has 0 N–H and O–H groups in total. The number of nitrogens with zero attached hydrogens (tertiary/aromatic N) is 2. The van der Waals surface area contributed by atoms with Crippen LogP contribution < -0.4 is 0 Å². The van der Waals surface area contributed by atoms with Crippen molar-refractivity contribution in [2.75, 3.05) is 13.2 Å². The van der Waals surface area contributed by atoms with Gasteiger partial charge in [-0.3, -0.25) is 0 Å². The van der Waals surface area contributed by atoms with E-state index in [1.807, 2.05) is 60.7 Å². The summed E-state index contributed by atoms with van der Waals surface area (Å²) >= 11 is 0. The first-order chi connectivity index (χ1) is 14.8. The van der Waals surface area contributed by atoms with Gasteiger partial charge >= 0.3 is 0 Å². The Hall–Kier alpha value is -2.89. The van der Waals surface area contributed by atoms with Crippen LogP contribution >= 0.6 is 0 Å². The molecule has 4 rings (SSSR count). The molecule has 30 heavy (non-hydrogen) atoms. The number of ether oxygens (including phenoxy) is 2. The maximum Gasteiger partial charge on any atom is 0.158 e. The predicted molar refractivity (Wildman–Crippen MR) is 116 cm³/mol. The second-order valence-electron chi connectivity index (χ2n) is 7.20. The highest BCUT2D eigenvalue weighted by Crippen LogP contribution is 2.24. The predicted octanol–water partition coefficient (Wildman–Crippen LogP) is 5.48. The Morgan fingerprint density at radius 2 is 1.70 bits per heavy atom. The number of pyridine rings is 1. The van der Waals surface area contributed by atoms with Crippen LogP contribution in [-0.2, 0) is 15.9 Å². The standard InChI is InChI=1S/C25H25FN2O2/c26-22-14-16-27-25(21(22)15-18-30-23-13-7-8-17-29-23)28-24(19-9-3-1-4-10-19)20-11-5-2-6-12-20/h1-6,9-12,14,16,23H,7-8,13,15,17-18H2. The number of benzene rings is 2. The fourth-order valence-corrected chi connectivity index (χ4v) is 3.51. The summed E-state index contributed by atoms with van der Waals surface area (Å²) in [5, 5.41) is 0. The average molecular weight is 404 g/mol. The third-order valence-electron chi connectivity index (χ3n) is 5.08. The van der Waals surface area contributed by atoms with Crippen LogP contribution in [0.2, 0.25) is 0 Å². The minimum absolute atomic E-state index is 0.199. The minimum Gasteiger partial charge on any atom is -0.353 e. The summed E-state index contributed by atoms with van der Waals surface area (Å²) in [5.74, 6) is 0.0586. The molecule has 0 aliphatic carbocycles. The molecular weight excluding hydrogens is 379 g/mol. The number of rotatable bonds is 7. The molecule has 2 heterocycles. The van der Waals surface area contributed by atoms with Gasteiger partial charge in [0.1, 0.15) is 5.82 Å². The van der Waals surface area contributed by atoms with E-state index < -0.39 is 0 Å². The number of aromatic nitrogens is 1. The van der Waals surface area contributed by atoms with Gasteiger partial charge in [0.05, 0.1) is 12.3 Å². The van der Waals surface area contributed by atoms with Crippen LogP contribution in [0.15, 0.2) is 77.9 Å². The summed E-state index contributed by atoms with van der Waals surface area (Å²) in [4.78, 5) is 9.19. The summed E-state index contributed by atoms with van der Waals surface area (Å²) in [5.41, 5.74) is 3.12. The van der Waals surface area contributed by atoms with Crippen molar-refractivity contribution in [2.45, 2.75) is 32.0 Å². The molecule has 1 atom stereocenters. The molecule has 1 aliphatic heterocycles. The van der Waals surface area contributed by atoms with E-state index in [9.17, 15) is 4.39 Å². The molecule has 154 valence electrons. The number of halogens is 1. The normalized spacial score (nSPS) is 16.2. The molecular formula is C25H25FN2O2. The van der Waals surface area contributed by atoms with Crippen molar-refractivity contribution >= 4 is 11.5 Å². The van der Waals surface area contributed by atoms with Crippen LogP contribution in [0.25, 0.3) is 0 Å². The van der Waals surface area contributed by atoms with Gasteiger partial charge in [0.2, 0.25) is 0 Å². The Kier molecular flexibility index (Phi) is 6.95. The molecule has 0 saturated carbocycles. The largest absolute Gasteiger partial charge is 0.353 e. The third kappa shape index (κ3) is 5.17. The molecule has 4 nitrogen and oxygen atoms in total. The topological polar surface area (TPSA) is 43.7 Å². The molecule has 1 saturated heterocycles. The average Bonchev–Trinajstić information content (AvgIpc) is 2.81. The summed E-state index contributed by atoms with van der Waals surface area (Å²) in [6.07, 6.45) is 4.68. The maximum absolute atomic E-state index is 14.7. The molecule has 0 bridgehead atoms. The monoisotopic (exact) mass is 404 g/mol. The molecule has 0 amide bonds. The fourth-order valence-electron chi connectivity index (χ4n) is 3.51. The zero-order chi connectivity index (χ0) is 20.6. The van der Waals surface area contributed by atoms with Crippen LogP contribution in [0.4, 0.5) is 10.2 Å². The second-order valence-corrected chi connectivity index (χ2v) is 7.20. The SMILES string of the molecule is Fc1ccnc(N=C(c2ccccc2)c2ccccc2)c1CCOC1CCCCO1. The highest BCUT2D eigenvalue weighted by molar-refractivity contribution is 6.13. The van der Waals surface area contributed by atoms with Crippen molar-refractivity contribution in [1.29, 1.82) is 0 Å². The van der Waals surface area contributed by atoms with Gasteiger partial charge in [0, 0.05) is 35.9 Å². The lowest BCUT2D eigenvalue weighted by molar-refractivity contribution is -0.161. The molecule has 1 unspecified atom stereocenters. The first-order valence-corrected chi connectivity index (χ1v) is 10.4. The van der Waals surface area contributed by atoms with Crippen LogP contribution in [-0.4, -0.2) is 30.2 Å². The van der Waals surface area contributed by atoms with E-state index in [1.54, 1.807) is 0 Å². The highest BCUT2D eigenvalue weighted by Gasteiger charge is 2.16. The molecule has 3 aromatic rings. The Morgan fingerprint density at radius 3 is 2.33 bits per heavy atom. The van der Waals surface area contributed by atoms with Gasteiger partial charge in [0.25, 0.3) is 0 Å². The van der Waals surface area contributed by atoms with Crippen molar-refractivity contribution in [3.05, 3.63) is 95.4 Å². The molecule has 1 aliphatic rings. The van der Waals surface area contributed by atoms with E-state index in [2.05, 4.69) is 4.98 Å². The van der Waals surface area contributed by atoms with E-state index in [4.69, 9.17) is 14.5 Å². The van der Waals surface area contributed by atoms with E-state index in [0.717, 1.165) is 42.7 Å². The van der Waals surface area contributed by atoms with Gasteiger partial charge in [-0.05, 0) is 25.3 Å².